The first-order valence-corrected chi connectivity index (χ1v) is 43.1. The lowest BCUT2D eigenvalue weighted by atomic mass is 9.72. The molecule has 1 unspecified atom stereocenters. The summed E-state index contributed by atoms with van der Waals surface area (Å²) >= 11 is 0. The average Bonchev–Trinajstić information content (AvgIpc) is 0.821. The molecule has 0 spiro atoms. The van der Waals surface area contributed by atoms with Gasteiger partial charge >= 0.3 is 31.8 Å². The van der Waals surface area contributed by atoms with Crippen molar-refractivity contribution in [1.82, 2.24) is 10.6 Å². The third-order valence-corrected chi connectivity index (χ3v) is 17.9. The van der Waals surface area contributed by atoms with E-state index in [0.717, 1.165) is 81.4 Å². The molecule has 1 aliphatic carbocycles. The minimum absolute atomic E-state index is 0.00806. The van der Waals surface area contributed by atoms with Gasteiger partial charge in [-0.2, -0.15) is 0 Å². The van der Waals surface area contributed by atoms with Crippen LogP contribution in [-0.2, 0) is 273 Å². The lowest BCUT2D eigenvalue weighted by molar-refractivity contribution is -0.909. The second kappa shape index (κ2) is 94.2. The number of amides is 2. The Balaban J connectivity index is 1.91. The van der Waals surface area contributed by atoms with Gasteiger partial charge in [0, 0.05) is 210 Å². The van der Waals surface area contributed by atoms with Crippen LogP contribution in [0.2, 0.25) is 0 Å². The summed E-state index contributed by atoms with van der Waals surface area (Å²) < 4.78 is 43.7. The molecule has 59 nitrogen and oxygen atoms in total. The molecule has 2 atom stereocenters. The number of nitrogens with one attached hydrogen (secondary N) is 2. The monoisotopic (exact) mass is 1950 g/mol. The number of hydrogen-bond acceptors (Lipinski definition) is 56. The van der Waals surface area contributed by atoms with Gasteiger partial charge in [0.2, 0.25) is 5.91 Å². The van der Waals surface area contributed by atoms with Crippen molar-refractivity contribution in [1.29, 1.82) is 0 Å². The average molecular weight is 1950 g/mol. The van der Waals surface area contributed by atoms with Gasteiger partial charge in [0.1, 0.15) is 32.7 Å². The fourth-order valence-electron chi connectivity index (χ4n) is 10.9. The van der Waals surface area contributed by atoms with Gasteiger partial charge < -0.3 is 39.4 Å². The molecular formula is C71H123N2O57P. The van der Waals surface area contributed by atoms with E-state index < -0.39 is 76.9 Å². The second-order valence-corrected chi connectivity index (χ2v) is 29.0. The standard InChI is InChI=1S/C71H123N2O57P/c1-8-10-12-14-16-18-20-22-24-26-28-30-32-34-36-45-68(76)83-59-64(88-69(77)46-37-35-33-31-29-27-25-23-21-19-17-15-13-11-9-2)60-87-131(79,80)86-56-53-73-70(78)82-57-58-85-90-92-94-96-98-100-102-104-106-108-110-112-114-116-118-120-122-124-126-128-130-129-127-125-123-121-119-117-115-113-111-109-107-105-103-101-99-97-95-93-91-89-84-55-52-72-66(74)44-39-47-67(75)81-54-50-62(4)42-38-41-61(3)48-49-65-63(5)43-40-51-71(65,6)7/h38,41-42,48-50,52,55,64H,8-37,39-40,43-47,51,53-54,56-60H2,1-7H3,(H,72,74)(H,73,78)(H,79,80)/t64-/m1/s1. The van der Waals surface area contributed by atoms with Crippen LogP contribution in [0.1, 0.15) is 292 Å². The fraction of sp³-hybridized carbons (Fsp3) is 0.761. The summed E-state index contributed by atoms with van der Waals surface area (Å²) in [6.07, 6.45) is 50.8. The maximum absolute atomic E-state index is 12.9. The van der Waals surface area contributed by atoms with Crippen molar-refractivity contribution >= 4 is 37.7 Å². The Labute approximate surface area is 750 Å². The molecule has 0 aliphatic heterocycles. The van der Waals surface area contributed by atoms with Crippen LogP contribution in [0.15, 0.2) is 71.2 Å². The number of phosphoric ester groups is 1. The summed E-state index contributed by atoms with van der Waals surface area (Å²) in [7, 11) is -4.77. The lowest BCUT2D eigenvalue weighted by Gasteiger charge is -2.32. The summed E-state index contributed by atoms with van der Waals surface area (Å²) in [4.78, 5) is 80.7. The number of phosphoric acid groups is 1. The summed E-state index contributed by atoms with van der Waals surface area (Å²) in [6.45, 7) is 12.5. The lowest BCUT2D eigenvalue weighted by Crippen LogP contribution is -2.30. The normalized spacial score (nSPS) is 13.9. The number of hydrogen-bond donors (Lipinski definition) is 3. The molecule has 131 heavy (non-hydrogen) atoms. The molecule has 2 amide bonds. The highest BCUT2D eigenvalue weighted by Gasteiger charge is 2.28. The van der Waals surface area contributed by atoms with Gasteiger partial charge in [0.05, 0.1) is 13.2 Å². The van der Waals surface area contributed by atoms with Gasteiger partial charge in [0.25, 0.3) is 0 Å². The van der Waals surface area contributed by atoms with Crippen LogP contribution < -0.4 is 10.6 Å². The Morgan fingerprint density at radius 1 is 0.412 bits per heavy atom. The molecule has 764 valence electrons. The van der Waals surface area contributed by atoms with Gasteiger partial charge in [-0.3, -0.25) is 28.2 Å². The number of unbranched alkanes of at least 4 members (excludes halogenated alkanes) is 28. The third kappa shape index (κ3) is 88.8. The predicted octanol–water partition coefficient (Wildman–Crippen LogP) is 15.7. The van der Waals surface area contributed by atoms with Crippen LogP contribution in [-0.4, -0.2) is 87.1 Å². The van der Waals surface area contributed by atoms with Crippen molar-refractivity contribution < 1.29 is 283 Å². The SMILES string of the molecule is CCCCCCCCCCCCCCCCCC(=O)OC[C@H](COP(=O)(O)OCCNC(=O)OCCOOOOOOOOOOOOOOOOOOOOOOOOOOOOOOOOOOOOOOOOOOOOC=CNC(=O)CCCC(=O)OCC=C(C)C=CC=C(C)C=CC1=C(C)CCCC1(C)C)OC(=O)CCCCCCCCCCCCCCCCC. The van der Waals surface area contributed by atoms with E-state index >= 15 is 0 Å². The van der Waals surface area contributed by atoms with E-state index in [4.69, 9.17) is 28.0 Å². The Kier molecular flexibility index (Phi) is 88.2. The number of rotatable bonds is 100. The number of ether oxygens (including phenoxy) is 4. The first-order chi connectivity index (χ1) is 64.0. The molecule has 0 saturated carbocycles. The quantitative estimate of drug-likeness (QED) is 0.00744. The highest BCUT2D eigenvalue weighted by Crippen LogP contribution is 2.43. The highest BCUT2D eigenvalue weighted by atomic mass is 31.2. The highest BCUT2D eigenvalue weighted by molar-refractivity contribution is 7.47. The van der Waals surface area contributed by atoms with Gasteiger partial charge in [-0.05, 0) is 117 Å². The molecule has 0 radical (unpaired) electrons. The van der Waals surface area contributed by atoms with Crippen LogP contribution in [0.5, 0.6) is 0 Å². The summed E-state index contributed by atoms with van der Waals surface area (Å²) in [5.74, 6) is -1.99. The van der Waals surface area contributed by atoms with Crippen molar-refractivity contribution in [3.05, 3.63) is 71.2 Å². The molecule has 0 aromatic rings. The van der Waals surface area contributed by atoms with Crippen LogP contribution >= 0.6 is 7.82 Å². The first kappa shape index (κ1) is 123. The van der Waals surface area contributed by atoms with Crippen molar-refractivity contribution in [3.8, 4) is 0 Å². The van der Waals surface area contributed by atoms with Crippen molar-refractivity contribution in [2.45, 2.75) is 299 Å². The van der Waals surface area contributed by atoms with E-state index in [9.17, 15) is 33.4 Å². The summed E-state index contributed by atoms with van der Waals surface area (Å²) in [5.41, 5.74) is 5.03. The minimum atomic E-state index is -4.77. The summed E-state index contributed by atoms with van der Waals surface area (Å²) in [6, 6.07) is 0. The predicted molar refractivity (Wildman–Crippen MR) is 402 cm³/mol. The van der Waals surface area contributed by atoms with E-state index in [0.29, 0.717) is 12.8 Å². The number of carbonyl (C=O) groups excluding carboxylic acids is 5. The van der Waals surface area contributed by atoms with Gasteiger partial charge in [0.15, 0.2) is 6.10 Å². The Bertz CT molecular complexity index is 2930. The Hall–Kier alpha value is -6.22. The molecule has 1 rings (SSSR count). The number of carbonyl (C=O) groups is 5. The Morgan fingerprint density at radius 2 is 0.786 bits per heavy atom. The minimum Gasteiger partial charge on any atom is -0.462 e. The maximum Gasteiger partial charge on any atom is 0.472 e. The fourth-order valence-corrected chi connectivity index (χ4v) is 11.6. The molecule has 0 aromatic carbocycles. The Morgan fingerprint density at radius 3 is 1.20 bits per heavy atom. The van der Waals surface area contributed by atoms with Crippen LogP contribution in [0.4, 0.5) is 4.79 Å². The van der Waals surface area contributed by atoms with Crippen LogP contribution in [0.25, 0.3) is 0 Å². The topological polar surface area (TPSA) is 608 Å². The van der Waals surface area contributed by atoms with Crippen LogP contribution in [0, 0.1) is 5.41 Å². The zero-order chi connectivity index (χ0) is 95.0. The molecule has 60 heteroatoms. The molecule has 0 heterocycles. The zero-order valence-electron chi connectivity index (χ0n) is 73.8. The second-order valence-electron chi connectivity index (χ2n) is 27.5. The molecule has 0 fully saturated rings. The number of alkyl carbamates (subject to hydrolysis) is 1. The van der Waals surface area contributed by atoms with Gasteiger partial charge in [-0.15, -0.1) is 0 Å². The molecule has 0 saturated heterocycles. The van der Waals surface area contributed by atoms with Crippen molar-refractivity contribution in [2.24, 2.45) is 5.41 Å². The molecular weight excluding hydrogens is 1820 g/mol. The van der Waals surface area contributed by atoms with Crippen molar-refractivity contribution in [2.75, 3.05) is 46.2 Å². The zero-order valence-corrected chi connectivity index (χ0v) is 74.7. The van der Waals surface area contributed by atoms with E-state index in [1.54, 1.807) is 6.08 Å². The van der Waals surface area contributed by atoms with E-state index in [1.165, 1.54) is 152 Å². The summed E-state index contributed by atoms with van der Waals surface area (Å²) in [5, 5.41) is 158. The van der Waals surface area contributed by atoms with Gasteiger partial charge in [-0.25, -0.2) is 14.2 Å². The van der Waals surface area contributed by atoms with E-state index in [1.807, 2.05) is 32.1 Å². The molecule has 0 bridgehead atoms. The molecule has 1 aliphatic rings. The van der Waals surface area contributed by atoms with E-state index in [2.05, 4.69) is 279 Å². The number of allylic oxidation sites excluding steroid dienone is 9. The largest absolute Gasteiger partial charge is 0.472 e. The smallest absolute Gasteiger partial charge is 0.462 e. The number of esters is 3. The van der Waals surface area contributed by atoms with Gasteiger partial charge in [-0.1, -0.05) is 255 Å². The first-order valence-electron chi connectivity index (χ1n) is 41.6. The van der Waals surface area contributed by atoms with Crippen LogP contribution in [0.3, 0.4) is 0 Å². The maximum atomic E-state index is 12.9. The molecule has 3 N–H and O–H groups in total. The van der Waals surface area contributed by atoms with Crippen molar-refractivity contribution in [3.63, 3.8) is 0 Å². The molecule has 0 aromatic heterocycles. The van der Waals surface area contributed by atoms with E-state index in [-0.39, 0.29) is 50.7 Å². The third-order valence-electron chi connectivity index (χ3n) is 16.9.